The molecule has 8 heteroatoms. The van der Waals surface area contributed by atoms with E-state index in [-0.39, 0.29) is 10.9 Å². The maximum atomic E-state index is 12.3. The van der Waals surface area contributed by atoms with Crippen LogP contribution in [0.25, 0.3) is 0 Å². The summed E-state index contributed by atoms with van der Waals surface area (Å²) in [6.07, 6.45) is 0. The third-order valence-corrected chi connectivity index (χ3v) is 6.29. The first-order valence-electron chi connectivity index (χ1n) is 8.64. The molecule has 0 heterocycles. The van der Waals surface area contributed by atoms with Crippen LogP contribution in [0.4, 0.5) is 5.69 Å². The Kier molecular flexibility index (Phi) is 7.32. The van der Waals surface area contributed by atoms with Crippen LogP contribution < -0.4 is 15.5 Å². The van der Waals surface area contributed by atoms with Gasteiger partial charge >= 0.3 is 0 Å². The highest BCUT2D eigenvalue weighted by molar-refractivity contribution is 7.89. The minimum Gasteiger partial charge on any atom is -0.356 e. The number of likely N-dealkylation sites (N-methyl/N-ethyl adjacent to an activating group) is 1. The molecule has 146 valence electrons. The summed E-state index contributed by atoms with van der Waals surface area (Å²) in [6, 6.07) is 17.1. The Hall–Kier alpha value is -2.00. The van der Waals surface area contributed by atoms with Crippen LogP contribution >= 0.6 is 12.2 Å². The molecule has 2 aromatic carbocycles. The van der Waals surface area contributed by atoms with E-state index in [2.05, 4.69) is 36.9 Å². The molecule has 0 aromatic heterocycles. The predicted octanol–water partition coefficient (Wildman–Crippen LogP) is 1.11. The average molecular weight is 408 g/mol. The largest absolute Gasteiger partial charge is 0.356 e. The quantitative estimate of drug-likeness (QED) is 0.600. The van der Waals surface area contributed by atoms with Crippen molar-refractivity contribution in [3.05, 3.63) is 60.2 Å². The fraction of sp³-hybridized carbons (Fsp3) is 0.316. The number of benzene rings is 2. The van der Waals surface area contributed by atoms with Crippen LogP contribution in [0.3, 0.4) is 0 Å². The van der Waals surface area contributed by atoms with Crippen LogP contribution in [0, 0.1) is 0 Å². The Bertz CT molecular complexity index is 868. The second-order valence-corrected chi connectivity index (χ2v) is 9.25. The third kappa shape index (κ3) is 5.74. The lowest BCUT2D eigenvalue weighted by Gasteiger charge is -2.23. The lowest BCUT2D eigenvalue weighted by atomic mass is 10.1. The Morgan fingerprint density at radius 3 is 2.37 bits per heavy atom. The Balaban J connectivity index is 2.03. The minimum absolute atomic E-state index is 0.222. The number of nitrogens with zero attached hydrogens (tertiary/aromatic N) is 1. The highest BCUT2D eigenvalue weighted by Gasteiger charge is 2.19. The molecule has 0 fully saturated rings. The van der Waals surface area contributed by atoms with Gasteiger partial charge in [0.2, 0.25) is 10.0 Å². The van der Waals surface area contributed by atoms with Gasteiger partial charge in [-0.05, 0) is 30.4 Å². The minimum atomic E-state index is -3.48. The monoisotopic (exact) mass is 407 g/mol. The summed E-state index contributed by atoms with van der Waals surface area (Å²) in [7, 11) is 3.74. The van der Waals surface area contributed by atoms with Crippen molar-refractivity contribution in [2.75, 3.05) is 40.1 Å². The van der Waals surface area contributed by atoms with Crippen molar-refractivity contribution in [2.24, 2.45) is 0 Å². The Morgan fingerprint density at radius 1 is 1.11 bits per heavy atom. The molecule has 2 rings (SSSR count). The molecule has 0 spiro atoms. The number of hydrogen-bond acceptors (Lipinski definition) is 3. The lowest BCUT2D eigenvalue weighted by Crippen LogP contribution is -3.07. The maximum absolute atomic E-state index is 12.3. The number of quaternary nitrogens is 1. The molecule has 1 atom stereocenters. The summed E-state index contributed by atoms with van der Waals surface area (Å²) in [5, 5.41) is 6.75. The van der Waals surface area contributed by atoms with Gasteiger partial charge in [-0.3, -0.25) is 0 Å². The Labute approximate surface area is 167 Å². The van der Waals surface area contributed by atoms with Crippen molar-refractivity contribution in [3.8, 4) is 0 Å². The van der Waals surface area contributed by atoms with Crippen molar-refractivity contribution in [3.63, 3.8) is 0 Å². The van der Waals surface area contributed by atoms with E-state index < -0.39 is 10.0 Å². The van der Waals surface area contributed by atoms with E-state index in [4.69, 9.17) is 12.2 Å². The molecule has 27 heavy (non-hydrogen) atoms. The summed E-state index contributed by atoms with van der Waals surface area (Å²) in [4.78, 5) is 1.51. The number of sulfonamides is 1. The first-order valence-corrected chi connectivity index (χ1v) is 10.5. The van der Waals surface area contributed by atoms with Crippen LogP contribution in [0.1, 0.15) is 11.6 Å². The average Bonchev–Trinajstić information content (AvgIpc) is 2.62. The normalized spacial score (nSPS) is 12.8. The van der Waals surface area contributed by atoms with Crippen LogP contribution in [0.15, 0.2) is 59.5 Å². The molecule has 0 aliphatic heterocycles. The molecular weight excluding hydrogens is 380 g/mol. The zero-order chi connectivity index (χ0) is 20.0. The van der Waals surface area contributed by atoms with E-state index in [1.54, 1.807) is 24.3 Å². The summed E-state index contributed by atoms with van der Waals surface area (Å²) in [6.45, 7) is 0.661. The van der Waals surface area contributed by atoms with Crippen molar-refractivity contribution in [2.45, 2.75) is 10.9 Å². The van der Waals surface area contributed by atoms with E-state index >= 15 is 0 Å². The van der Waals surface area contributed by atoms with E-state index in [0.29, 0.717) is 17.3 Å². The molecule has 0 radical (unpaired) electrons. The van der Waals surface area contributed by atoms with Crippen LogP contribution in [-0.4, -0.2) is 52.6 Å². The zero-order valence-electron chi connectivity index (χ0n) is 16.1. The molecule has 3 N–H and O–H groups in total. The van der Waals surface area contributed by atoms with Gasteiger partial charge in [0.15, 0.2) is 5.11 Å². The topological polar surface area (TPSA) is 65.9 Å². The van der Waals surface area contributed by atoms with Crippen molar-refractivity contribution in [1.82, 2.24) is 9.62 Å². The molecule has 6 nitrogen and oxygen atoms in total. The fourth-order valence-electron chi connectivity index (χ4n) is 2.66. The Morgan fingerprint density at radius 2 is 1.78 bits per heavy atom. The highest BCUT2D eigenvalue weighted by Crippen LogP contribution is 2.18. The summed E-state index contributed by atoms with van der Waals surface area (Å²) in [5.74, 6) is 0. The van der Waals surface area contributed by atoms with Crippen LogP contribution in [0.5, 0.6) is 0 Å². The first-order chi connectivity index (χ1) is 12.7. The van der Waals surface area contributed by atoms with Gasteiger partial charge in [-0.2, -0.15) is 0 Å². The van der Waals surface area contributed by atoms with Crippen molar-refractivity contribution < 1.29 is 13.3 Å². The van der Waals surface area contributed by atoms with Gasteiger partial charge in [-0.1, -0.05) is 36.4 Å². The summed E-state index contributed by atoms with van der Waals surface area (Å²) < 4.78 is 25.7. The second-order valence-electron chi connectivity index (χ2n) is 6.69. The molecule has 0 saturated heterocycles. The van der Waals surface area contributed by atoms with Gasteiger partial charge < -0.3 is 15.5 Å². The number of hydrogen-bond donors (Lipinski definition) is 3. The van der Waals surface area contributed by atoms with E-state index in [9.17, 15) is 8.42 Å². The molecule has 0 unspecified atom stereocenters. The van der Waals surface area contributed by atoms with Gasteiger partial charge in [0.05, 0.1) is 25.5 Å². The third-order valence-electron chi connectivity index (χ3n) is 4.24. The van der Waals surface area contributed by atoms with Gasteiger partial charge in [0.25, 0.3) is 0 Å². The SMILES string of the molecule is CN(C)S(=O)(=O)c1cccc(NC(=S)NC[C@@H](c2ccccc2)[NH+](C)C)c1. The van der Waals surface area contributed by atoms with Crippen LogP contribution in [0.2, 0.25) is 0 Å². The van der Waals surface area contributed by atoms with Crippen molar-refractivity contribution in [1.29, 1.82) is 0 Å². The lowest BCUT2D eigenvalue weighted by molar-refractivity contribution is -0.890. The van der Waals surface area contributed by atoms with E-state index in [1.165, 1.54) is 28.9 Å². The maximum Gasteiger partial charge on any atom is 0.242 e. The molecular formula is C19H27N4O2S2+. The molecule has 0 saturated carbocycles. The molecule has 2 aromatic rings. The van der Waals surface area contributed by atoms with Gasteiger partial charge in [-0.25, -0.2) is 12.7 Å². The van der Waals surface area contributed by atoms with Gasteiger partial charge in [0.1, 0.15) is 6.04 Å². The van der Waals surface area contributed by atoms with Crippen molar-refractivity contribution >= 4 is 33.0 Å². The number of anilines is 1. The fourth-order valence-corrected chi connectivity index (χ4v) is 3.81. The van der Waals surface area contributed by atoms with Crippen LogP contribution in [-0.2, 0) is 10.0 Å². The van der Waals surface area contributed by atoms with E-state index in [0.717, 1.165) is 0 Å². The number of thiocarbonyl (C=S) groups is 1. The highest BCUT2D eigenvalue weighted by atomic mass is 32.2. The second kappa shape index (κ2) is 9.27. The molecule has 0 bridgehead atoms. The zero-order valence-corrected chi connectivity index (χ0v) is 17.7. The molecule has 0 aliphatic rings. The summed E-state index contributed by atoms with van der Waals surface area (Å²) >= 11 is 5.39. The van der Waals surface area contributed by atoms with E-state index in [1.807, 2.05) is 18.2 Å². The van der Waals surface area contributed by atoms with Gasteiger partial charge in [0, 0.05) is 25.3 Å². The molecule has 0 amide bonds. The standard InChI is InChI=1S/C19H26N4O2S2/c1-22(2)18(15-9-6-5-7-10-15)14-20-19(26)21-16-11-8-12-17(13-16)27(24,25)23(3)4/h5-13,18H,14H2,1-4H3,(H2,20,21,26)/p+1/t18-/m0/s1. The first kappa shape index (κ1) is 21.3. The van der Waals surface area contributed by atoms with Gasteiger partial charge in [-0.15, -0.1) is 0 Å². The summed E-state index contributed by atoms with van der Waals surface area (Å²) in [5.41, 5.74) is 1.86. The number of nitrogens with one attached hydrogen (secondary N) is 3. The predicted molar refractivity (Wildman–Crippen MR) is 114 cm³/mol. The number of rotatable bonds is 7. The molecule has 0 aliphatic carbocycles. The smallest absolute Gasteiger partial charge is 0.242 e.